The highest BCUT2D eigenvalue weighted by molar-refractivity contribution is 9.10. The fourth-order valence-corrected chi connectivity index (χ4v) is 1.97. The Morgan fingerprint density at radius 3 is 2.93 bits per heavy atom. The number of halogens is 2. The Labute approximate surface area is 94.7 Å². The van der Waals surface area contributed by atoms with Crippen molar-refractivity contribution in [3.8, 4) is 0 Å². The van der Waals surface area contributed by atoms with E-state index in [0.717, 1.165) is 15.2 Å². The number of benzene rings is 1. The van der Waals surface area contributed by atoms with Gasteiger partial charge in [0.15, 0.2) is 0 Å². The number of aliphatic hydroxyl groups excluding tert-OH is 1. The van der Waals surface area contributed by atoms with Crippen LogP contribution in [0.5, 0.6) is 0 Å². The van der Waals surface area contributed by atoms with Crippen molar-refractivity contribution < 1.29 is 5.11 Å². The van der Waals surface area contributed by atoms with E-state index in [9.17, 15) is 0 Å². The van der Waals surface area contributed by atoms with Crippen molar-refractivity contribution in [3.63, 3.8) is 0 Å². The number of aromatic nitrogens is 1. The third-order valence-corrected chi connectivity index (χ3v) is 2.88. The summed E-state index contributed by atoms with van der Waals surface area (Å²) in [6, 6.07) is 5.77. The maximum Gasteiger partial charge on any atom is 0.135 e. The molecule has 0 aliphatic carbocycles. The molecule has 0 saturated heterocycles. The van der Waals surface area contributed by atoms with E-state index in [1.54, 1.807) is 6.20 Å². The Balaban J connectivity index is 2.82. The number of hydrogen-bond donors (Lipinski definition) is 1. The van der Waals surface area contributed by atoms with Gasteiger partial charge in [-0.25, -0.2) is 4.98 Å². The number of hydrogen-bond acceptors (Lipinski definition) is 2. The van der Waals surface area contributed by atoms with E-state index in [1.165, 1.54) is 0 Å². The standard InChI is InChI=1S/C10H7BrClNO/c11-7-1-2-8-6(3-7)4-13-10(12)9(8)5-14/h1-4,14H,5H2. The lowest BCUT2D eigenvalue weighted by molar-refractivity contribution is 0.283. The highest BCUT2D eigenvalue weighted by Crippen LogP contribution is 2.26. The van der Waals surface area contributed by atoms with Gasteiger partial charge in [0.25, 0.3) is 0 Å². The summed E-state index contributed by atoms with van der Waals surface area (Å²) in [6.07, 6.45) is 1.70. The molecule has 0 bridgehead atoms. The molecule has 14 heavy (non-hydrogen) atoms. The molecule has 2 aromatic rings. The molecule has 0 atom stereocenters. The number of rotatable bonds is 1. The van der Waals surface area contributed by atoms with Gasteiger partial charge in [0, 0.05) is 21.6 Å². The second-order valence-corrected chi connectivity index (χ2v) is 4.19. The number of aliphatic hydroxyl groups is 1. The van der Waals surface area contributed by atoms with Crippen molar-refractivity contribution in [2.45, 2.75) is 6.61 Å². The molecule has 4 heteroatoms. The van der Waals surface area contributed by atoms with Crippen molar-refractivity contribution in [2.24, 2.45) is 0 Å². The van der Waals surface area contributed by atoms with Crippen LogP contribution in [0.3, 0.4) is 0 Å². The Morgan fingerprint density at radius 2 is 2.21 bits per heavy atom. The van der Waals surface area contributed by atoms with E-state index in [1.807, 2.05) is 18.2 Å². The second-order valence-electron chi connectivity index (χ2n) is 2.92. The van der Waals surface area contributed by atoms with Gasteiger partial charge in [0.05, 0.1) is 6.61 Å². The highest BCUT2D eigenvalue weighted by Gasteiger charge is 2.06. The minimum atomic E-state index is -0.0925. The minimum Gasteiger partial charge on any atom is -0.392 e. The van der Waals surface area contributed by atoms with E-state index < -0.39 is 0 Å². The molecular weight excluding hydrogens is 265 g/mol. The van der Waals surface area contributed by atoms with Gasteiger partial charge in [-0.05, 0) is 17.5 Å². The fourth-order valence-electron chi connectivity index (χ4n) is 1.38. The van der Waals surface area contributed by atoms with Crippen LogP contribution in [0.1, 0.15) is 5.56 Å². The second kappa shape index (κ2) is 3.85. The van der Waals surface area contributed by atoms with Crippen molar-refractivity contribution >= 4 is 38.3 Å². The van der Waals surface area contributed by atoms with E-state index >= 15 is 0 Å². The zero-order valence-corrected chi connectivity index (χ0v) is 9.51. The average Bonchev–Trinajstić information content (AvgIpc) is 2.18. The summed E-state index contributed by atoms with van der Waals surface area (Å²) in [7, 11) is 0. The van der Waals surface area contributed by atoms with Gasteiger partial charge < -0.3 is 5.11 Å². The lowest BCUT2D eigenvalue weighted by Crippen LogP contribution is -1.90. The van der Waals surface area contributed by atoms with Crippen LogP contribution >= 0.6 is 27.5 Å². The molecular formula is C10H7BrClNO. The fraction of sp³-hybridized carbons (Fsp3) is 0.100. The molecule has 1 N–H and O–H groups in total. The minimum absolute atomic E-state index is 0.0925. The average molecular weight is 273 g/mol. The molecule has 0 fully saturated rings. The molecule has 1 aromatic carbocycles. The number of fused-ring (bicyclic) bond motifs is 1. The van der Waals surface area contributed by atoms with E-state index in [-0.39, 0.29) is 6.61 Å². The van der Waals surface area contributed by atoms with E-state index in [0.29, 0.717) is 10.7 Å². The summed E-state index contributed by atoms with van der Waals surface area (Å²) >= 11 is 9.23. The van der Waals surface area contributed by atoms with E-state index in [4.69, 9.17) is 16.7 Å². The molecule has 0 spiro atoms. The first kappa shape index (κ1) is 9.90. The first-order valence-electron chi connectivity index (χ1n) is 4.06. The Morgan fingerprint density at radius 1 is 1.43 bits per heavy atom. The summed E-state index contributed by atoms with van der Waals surface area (Å²) in [6.45, 7) is -0.0925. The van der Waals surface area contributed by atoms with E-state index in [2.05, 4.69) is 20.9 Å². The van der Waals surface area contributed by atoms with Crippen LogP contribution in [-0.4, -0.2) is 10.1 Å². The number of nitrogens with zero attached hydrogens (tertiary/aromatic N) is 1. The molecule has 0 saturated carbocycles. The van der Waals surface area contributed by atoms with Crippen molar-refractivity contribution in [1.82, 2.24) is 4.98 Å². The Bertz CT molecular complexity index is 487. The molecule has 0 aliphatic heterocycles. The lowest BCUT2D eigenvalue weighted by Gasteiger charge is -2.05. The lowest BCUT2D eigenvalue weighted by atomic mass is 10.1. The predicted molar refractivity (Wildman–Crippen MR) is 60.4 cm³/mol. The summed E-state index contributed by atoms with van der Waals surface area (Å²) in [5.74, 6) is 0. The first-order chi connectivity index (χ1) is 6.72. The molecule has 1 aromatic heterocycles. The van der Waals surface area contributed by atoms with Crippen LogP contribution in [0, 0.1) is 0 Å². The number of pyridine rings is 1. The third kappa shape index (κ3) is 1.63. The Hall–Kier alpha value is -0.640. The molecule has 72 valence electrons. The van der Waals surface area contributed by atoms with Gasteiger partial charge >= 0.3 is 0 Å². The van der Waals surface area contributed by atoms with Crippen LogP contribution in [0.25, 0.3) is 10.8 Å². The molecule has 2 rings (SSSR count). The topological polar surface area (TPSA) is 33.1 Å². The van der Waals surface area contributed by atoms with Gasteiger partial charge in [-0.1, -0.05) is 33.6 Å². The van der Waals surface area contributed by atoms with Crippen LogP contribution in [0.2, 0.25) is 5.15 Å². The van der Waals surface area contributed by atoms with Crippen molar-refractivity contribution in [1.29, 1.82) is 0 Å². The van der Waals surface area contributed by atoms with Gasteiger partial charge in [0.2, 0.25) is 0 Å². The summed E-state index contributed by atoms with van der Waals surface area (Å²) < 4.78 is 0.984. The highest BCUT2D eigenvalue weighted by atomic mass is 79.9. The van der Waals surface area contributed by atoms with Gasteiger partial charge in [-0.15, -0.1) is 0 Å². The third-order valence-electron chi connectivity index (χ3n) is 2.06. The Kier molecular flexibility index (Phi) is 2.72. The molecule has 2 nitrogen and oxygen atoms in total. The van der Waals surface area contributed by atoms with Crippen LogP contribution in [0.15, 0.2) is 28.9 Å². The van der Waals surface area contributed by atoms with Crippen molar-refractivity contribution in [2.75, 3.05) is 0 Å². The summed E-state index contributed by atoms with van der Waals surface area (Å²) in [5, 5.41) is 11.4. The zero-order valence-electron chi connectivity index (χ0n) is 7.17. The molecule has 0 aliphatic rings. The quantitative estimate of drug-likeness (QED) is 0.809. The van der Waals surface area contributed by atoms with Crippen LogP contribution in [-0.2, 0) is 6.61 Å². The summed E-state index contributed by atoms with van der Waals surface area (Å²) in [4.78, 5) is 4.00. The first-order valence-corrected chi connectivity index (χ1v) is 5.23. The predicted octanol–water partition coefficient (Wildman–Crippen LogP) is 3.14. The SMILES string of the molecule is OCc1c(Cl)ncc2cc(Br)ccc12. The van der Waals surface area contributed by atoms with Gasteiger partial charge in [-0.3, -0.25) is 0 Å². The van der Waals surface area contributed by atoms with Gasteiger partial charge in [-0.2, -0.15) is 0 Å². The van der Waals surface area contributed by atoms with Crippen molar-refractivity contribution in [3.05, 3.63) is 39.6 Å². The molecule has 0 radical (unpaired) electrons. The molecule has 0 amide bonds. The summed E-state index contributed by atoms with van der Waals surface area (Å²) in [5.41, 5.74) is 0.677. The molecule has 1 heterocycles. The maximum atomic E-state index is 9.15. The van der Waals surface area contributed by atoms with Gasteiger partial charge in [0.1, 0.15) is 5.15 Å². The maximum absolute atomic E-state index is 9.15. The largest absolute Gasteiger partial charge is 0.392 e. The zero-order chi connectivity index (χ0) is 10.1. The van der Waals surface area contributed by atoms with Crippen LogP contribution in [0.4, 0.5) is 0 Å². The normalized spacial score (nSPS) is 10.8. The molecule has 0 unspecified atom stereocenters. The smallest absolute Gasteiger partial charge is 0.135 e. The monoisotopic (exact) mass is 271 g/mol. The van der Waals surface area contributed by atoms with Crippen LogP contribution < -0.4 is 0 Å².